The van der Waals surface area contributed by atoms with Crippen LogP contribution in [-0.4, -0.2) is 108 Å². The number of carbonyl (C=O) groups is 3. The molecule has 1 N–H and O–H groups in total. The van der Waals surface area contributed by atoms with Crippen LogP contribution in [0.25, 0.3) is 0 Å². The number of alkyl halides is 8. The first-order valence-electron chi connectivity index (χ1n) is 16.0. The predicted octanol–water partition coefficient (Wildman–Crippen LogP) is 3.38. The van der Waals surface area contributed by atoms with Gasteiger partial charge in [-0.25, -0.2) is 0 Å². The Balaban J connectivity index is 1.15. The maximum absolute atomic E-state index is 14.2. The molecule has 12 nitrogen and oxygen atoms in total. The average molecular weight is 756 g/mol. The van der Waals surface area contributed by atoms with Crippen LogP contribution in [0.4, 0.5) is 35.1 Å². The molecule has 9 atom stereocenters. The predicted molar refractivity (Wildman–Crippen MR) is 144 cm³/mol. The fourth-order valence-corrected chi connectivity index (χ4v) is 10.5. The van der Waals surface area contributed by atoms with E-state index in [9.17, 15) is 57.9 Å². The lowest BCUT2D eigenvalue weighted by Gasteiger charge is -2.62. The fraction of sp³-hybridized carbons (Fsp3) is 0.897. The van der Waals surface area contributed by atoms with E-state index < -0.39 is 129 Å². The van der Waals surface area contributed by atoms with E-state index in [1.54, 1.807) is 13.8 Å². The molecule has 0 radical (unpaired) electrons. The Bertz CT molecular complexity index is 1570. The molecule has 8 rings (SSSR count). The van der Waals surface area contributed by atoms with Gasteiger partial charge in [-0.15, -0.1) is 0 Å². The summed E-state index contributed by atoms with van der Waals surface area (Å²) in [6.07, 6.45) is -18.3. The molecule has 8 aliphatic rings. The largest absolute Gasteiger partial charge is 0.457 e. The summed E-state index contributed by atoms with van der Waals surface area (Å²) in [5, 5.41) is -4.92. The standard InChI is InChI=1S/C29H33F8NO11S/c1-10(2)38-17-18-15(21(38)39)16(22(40)46-11(3)27(30,31)50(42,43)44)19(47-18)20(17)48-23(41)24-6-12-4-13(7-24)26(14(5-12)8-24)45-9-25(49-26,28(32,33)34)29(35,36)37/h10-20H,4-9H2,1-3H3,(H,42,43,44). The van der Waals surface area contributed by atoms with Gasteiger partial charge in [-0.1, -0.05) is 0 Å². The second-order valence-electron chi connectivity index (χ2n) is 15.0. The minimum atomic E-state index is -6.02. The zero-order chi connectivity index (χ0) is 36.9. The van der Waals surface area contributed by atoms with Crippen molar-refractivity contribution in [3.8, 4) is 0 Å². The highest BCUT2D eigenvalue weighted by Crippen LogP contribution is 2.69. The zero-order valence-electron chi connectivity index (χ0n) is 26.5. The van der Waals surface area contributed by atoms with Crippen molar-refractivity contribution in [2.24, 2.45) is 35.0 Å². The third-order valence-electron chi connectivity index (χ3n) is 12.0. The fourth-order valence-electron chi connectivity index (χ4n) is 10.0. The molecule has 50 heavy (non-hydrogen) atoms. The van der Waals surface area contributed by atoms with E-state index in [-0.39, 0.29) is 38.0 Å². The molecule has 4 saturated carbocycles. The maximum Gasteiger partial charge on any atom is 0.428 e. The smallest absolute Gasteiger partial charge is 0.428 e. The normalized spacial score (nSPS) is 42.2. The Morgan fingerprint density at radius 2 is 1.54 bits per heavy atom. The molecule has 1 amide bonds. The van der Waals surface area contributed by atoms with Crippen LogP contribution in [0.1, 0.15) is 52.9 Å². The lowest BCUT2D eigenvalue weighted by Crippen LogP contribution is -2.66. The number of likely N-dealkylation sites (tertiary alicyclic amines) is 1. The van der Waals surface area contributed by atoms with Crippen LogP contribution < -0.4 is 0 Å². The number of amides is 1. The summed E-state index contributed by atoms with van der Waals surface area (Å²) < 4.78 is 170. The zero-order valence-corrected chi connectivity index (χ0v) is 27.3. The summed E-state index contributed by atoms with van der Waals surface area (Å²) in [7, 11) is -6.02. The average Bonchev–Trinajstić information content (AvgIpc) is 3.70. The molecule has 4 aliphatic carbocycles. The van der Waals surface area contributed by atoms with E-state index in [1.807, 2.05) is 0 Å². The van der Waals surface area contributed by atoms with Crippen molar-refractivity contribution in [1.29, 1.82) is 0 Å². The number of carbonyl (C=O) groups excluding carboxylic acids is 3. The van der Waals surface area contributed by atoms with Crippen molar-refractivity contribution in [3.05, 3.63) is 0 Å². The van der Waals surface area contributed by atoms with E-state index in [4.69, 9.17) is 28.2 Å². The Morgan fingerprint density at radius 1 is 0.960 bits per heavy atom. The lowest BCUT2D eigenvalue weighted by atomic mass is 9.47. The molecule has 0 aromatic rings. The summed E-state index contributed by atoms with van der Waals surface area (Å²) in [6.45, 7) is 1.96. The van der Waals surface area contributed by atoms with Gasteiger partial charge in [-0.3, -0.25) is 18.9 Å². The maximum atomic E-state index is 14.2. The molecule has 4 aliphatic heterocycles. The van der Waals surface area contributed by atoms with Crippen LogP contribution in [0.5, 0.6) is 0 Å². The molecule has 282 valence electrons. The van der Waals surface area contributed by atoms with E-state index >= 15 is 0 Å². The number of hydrogen-bond donors (Lipinski definition) is 1. The summed E-state index contributed by atoms with van der Waals surface area (Å²) >= 11 is 0. The van der Waals surface area contributed by atoms with Gasteiger partial charge in [0.15, 0.2) is 18.0 Å². The number of hydrogen-bond acceptors (Lipinski definition) is 10. The van der Waals surface area contributed by atoms with Crippen LogP contribution in [-0.2, 0) is 48.2 Å². The molecule has 4 heterocycles. The third kappa shape index (κ3) is 4.60. The van der Waals surface area contributed by atoms with Gasteiger partial charge >= 0.3 is 39.7 Å². The topological polar surface area (TPSA) is 155 Å². The van der Waals surface area contributed by atoms with Gasteiger partial charge in [0.2, 0.25) is 5.91 Å². The second kappa shape index (κ2) is 10.6. The van der Waals surface area contributed by atoms with Gasteiger partial charge in [-0.2, -0.15) is 43.5 Å². The molecular weight excluding hydrogens is 722 g/mol. The SMILES string of the molecule is CC(C)N1C(=O)C2C3OC(C(OC(=O)C45CC6CC(C4)C4(OCC(C(F)(F)F)(C(F)(F)F)O4)C(C6)C5)C31)C2C(=O)OC(C)C(F)(F)S(=O)(=O)O. The molecule has 0 aromatic heterocycles. The van der Waals surface area contributed by atoms with E-state index in [0.717, 1.165) is 0 Å². The minimum Gasteiger partial charge on any atom is -0.457 e. The Hall–Kier alpha value is -2.36. The molecule has 8 fully saturated rings. The minimum absolute atomic E-state index is 0.134. The summed E-state index contributed by atoms with van der Waals surface area (Å²) in [5.74, 6) is -10.5. The summed E-state index contributed by atoms with van der Waals surface area (Å²) in [5.41, 5.74) is -5.95. The van der Waals surface area contributed by atoms with Crippen LogP contribution >= 0.6 is 0 Å². The first-order valence-corrected chi connectivity index (χ1v) is 17.5. The molecule has 0 aromatic carbocycles. The molecule has 9 unspecified atom stereocenters. The van der Waals surface area contributed by atoms with Crippen LogP contribution in [0.15, 0.2) is 0 Å². The second-order valence-corrected chi connectivity index (χ2v) is 16.5. The Kier molecular flexibility index (Phi) is 7.65. The van der Waals surface area contributed by atoms with Crippen LogP contribution in [0.3, 0.4) is 0 Å². The Morgan fingerprint density at radius 3 is 2.04 bits per heavy atom. The number of halogens is 8. The number of esters is 2. The van der Waals surface area contributed by atoms with Gasteiger partial charge in [0, 0.05) is 17.9 Å². The number of fused-ring (bicyclic) bond motifs is 1. The van der Waals surface area contributed by atoms with Crippen molar-refractivity contribution >= 4 is 28.0 Å². The number of nitrogens with zero attached hydrogens (tertiary/aromatic N) is 1. The number of ether oxygens (including phenoxy) is 5. The first kappa shape index (κ1) is 36.0. The van der Waals surface area contributed by atoms with Crippen molar-refractivity contribution in [2.45, 2.75) is 118 Å². The van der Waals surface area contributed by atoms with Gasteiger partial charge in [0.25, 0.3) is 5.60 Å². The highest BCUT2D eigenvalue weighted by atomic mass is 32.2. The summed E-state index contributed by atoms with van der Waals surface area (Å²) in [4.78, 5) is 42.3. The summed E-state index contributed by atoms with van der Waals surface area (Å²) in [6, 6.07) is -1.48. The monoisotopic (exact) mass is 755 g/mol. The van der Waals surface area contributed by atoms with Gasteiger partial charge in [-0.05, 0) is 58.8 Å². The molecule has 4 saturated heterocycles. The number of rotatable bonds is 7. The van der Waals surface area contributed by atoms with E-state index in [2.05, 4.69) is 0 Å². The highest BCUT2D eigenvalue weighted by molar-refractivity contribution is 7.86. The van der Waals surface area contributed by atoms with E-state index in [0.29, 0.717) is 6.92 Å². The van der Waals surface area contributed by atoms with Crippen LogP contribution in [0, 0.1) is 35.0 Å². The van der Waals surface area contributed by atoms with Gasteiger partial charge < -0.3 is 28.6 Å². The quantitative estimate of drug-likeness (QED) is 0.231. The van der Waals surface area contributed by atoms with Crippen molar-refractivity contribution < 1.29 is 86.2 Å². The molecule has 6 bridgehead atoms. The molecule has 21 heteroatoms. The van der Waals surface area contributed by atoms with Gasteiger partial charge in [0.05, 0.1) is 30.1 Å². The van der Waals surface area contributed by atoms with Crippen molar-refractivity contribution in [1.82, 2.24) is 4.90 Å². The van der Waals surface area contributed by atoms with Gasteiger partial charge in [0.1, 0.15) is 12.0 Å². The third-order valence-corrected chi connectivity index (χ3v) is 13.0. The Labute approximate surface area is 279 Å². The lowest BCUT2D eigenvalue weighted by molar-refractivity contribution is -0.403. The van der Waals surface area contributed by atoms with Crippen molar-refractivity contribution in [2.75, 3.05) is 6.61 Å². The highest BCUT2D eigenvalue weighted by Gasteiger charge is 2.82. The first-order chi connectivity index (χ1) is 22.8. The van der Waals surface area contributed by atoms with E-state index in [1.165, 1.54) is 4.90 Å². The van der Waals surface area contributed by atoms with Crippen molar-refractivity contribution in [3.63, 3.8) is 0 Å². The molecule has 1 spiro atoms. The molecular formula is C29H33F8NO11S. The van der Waals surface area contributed by atoms with Crippen LogP contribution in [0.2, 0.25) is 0 Å².